The first-order chi connectivity index (χ1) is 13.3. The van der Waals surface area contributed by atoms with Gasteiger partial charge >= 0.3 is 0 Å². The molecule has 6 nitrogen and oxygen atoms in total. The van der Waals surface area contributed by atoms with E-state index in [1.165, 1.54) is 30.8 Å². The summed E-state index contributed by atoms with van der Waals surface area (Å²) in [5.74, 6) is 1.60. The van der Waals surface area contributed by atoms with Crippen LogP contribution >= 0.6 is 11.3 Å². The minimum atomic E-state index is 0.444. The molecule has 27 heavy (non-hydrogen) atoms. The number of nitrogens with one attached hydrogen (secondary N) is 1. The predicted octanol–water partition coefficient (Wildman–Crippen LogP) is 2.45. The van der Waals surface area contributed by atoms with Gasteiger partial charge in [-0.3, -0.25) is 9.89 Å². The van der Waals surface area contributed by atoms with Gasteiger partial charge in [0.1, 0.15) is 0 Å². The van der Waals surface area contributed by atoms with Crippen molar-refractivity contribution in [2.45, 2.75) is 25.3 Å². The summed E-state index contributed by atoms with van der Waals surface area (Å²) >= 11 is 1.86. The van der Waals surface area contributed by atoms with Crippen LogP contribution in [0.4, 0.5) is 0 Å². The minimum absolute atomic E-state index is 0.444. The highest BCUT2D eigenvalue weighted by Gasteiger charge is 2.28. The maximum absolute atomic E-state index is 5.72. The van der Waals surface area contributed by atoms with Gasteiger partial charge in [0, 0.05) is 44.6 Å². The van der Waals surface area contributed by atoms with Crippen molar-refractivity contribution in [2.75, 3.05) is 66.7 Å². The maximum atomic E-state index is 5.72. The fourth-order valence-electron chi connectivity index (χ4n) is 4.02. The molecule has 2 saturated heterocycles. The number of hydrogen-bond acceptors (Lipinski definition) is 5. The molecule has 0 saturated carbocycles. The zero-order valence-electron chi connectivity index (χ0n) is 16.7. The van der Waals surface area contributed by atoms with Gasteiger partial charge in [-0.25, -0.2) is 0 Å². The average molecular weight is 395 g/mol. The molecular weight excluding hydrogens is 360 g/mol. The number of nitrogens with zero attached hydrogens (tertiary/aromatic N) is 3. The van der Waals surface area contributed by atoms with Crippen molar-refractivity contribution in [3.8, 4) is 0 Å². The summed E-state index contributed by atoms with van der Waals surface area (Å²) in [5, 5.41) is 5.84. The molecule has 2 atom stereocenters. The number of methoxy groups -OCH3 is 1. The number of ether oxygens (including phenoxy) is 2. The van der Waals surface area contributed by atoms with Crippen LogP contribution in [-0.2, 0) is 9.47 Å². The number of likely N-dealkylation sites (tertiary alicyclic amines) is 2. The normalized spacial score (nSPS) is 22.5. The van der Waals surface area contributed by atoms with Crippen LogP contribution in [0, 0.1) is 5.92 Å². The van der Waals surface area contributed by atoms with Gasteiger partial charge in [-0.05, 0) is 43.8 Å². The highest BCUT2D eigenvalue weighted by Crippen LogP contribution is 2.28. The molecule has 0 aliphatic carbocycles. The summed E-state index contributed by atoms with van der Waals surface area (Å²) < 4.78 is 10.8. The van der Waals surface area contributed by atoms with Crippen LogP contribution in [0.15, 0.2) is 22.5 Å². The Labute approximate surface area is 167 Å². The molecule has 0 radical (unpaired) electrons. The lowest BCUT2D eigenvalue weighted by Gasteiger charge is -2.29. The lowest BCUT2D eigenvalue weighted by molar-refractivity contribution is 0.0536. The quantitative estimate of drug-likeness (QED) is 0.396. The van der Waals surface area contributed by atoms with Crippen molar-refractivity contribution in [2.24, 2.45) is 10.9 Å². The number of thiophene rings is 1. The maximum Gasteiger partial charge on any atom is 0.193 e. The van der Waals surface area contributed by atoms with E-state index in [-0.39, 0.29) is 0 Å². The van der Waals surface area contributed by atoms with Crippen molar-refractivity contribution in [1.29, 1.82) is 0 Å². The van der Waals surface area contributed by atoms with Crippen molar-refractivity contribution in [1.82, 2.24) is 15.1 Å². The lowest BCUT2D eigenvalue weighted by atomic mass is 10.1. The molecule has 0 aromatic carbocycles. The molecule has 0 bridgehead atoms. The SMILES string of the molecule is CN=C(NCC(c1cccs1)N1CCCC1)N1CCC(COCCOC)C1. The summed E-state index contributed by atoms with van der Waals surface area (Å²) in [6.45, 7) is 7.53. The zero-order valence-corrected chi connectivity index (χ0v) is 17.5. The molecular formula is C20H34N4O2S. The minimum Gasteiger partial charge on any atom is -0.382 e. The van der Waals surface area contributed by atoms with E-state index in [0.717, 1.165) is 38.6 Å². The molecule has 0 amide bonds. The average Bonchev–Trinajstić information content (AvgIpc) is 3.45. The Bertz CT molecular complexity index is 560. The first-order valence-corrected chi connectivity index (χ1v) is 11.0. The van der Waals surface area contributed by atoms with Gasteiger partial charge in [0.25, 0.3) is 0 Å². The van der Waals surface area contributed by atoms with E-state index in [4.69, 9.17) is 9.47 Å². The molecule has 2 fully saturated rings. The highest BCUT2D eigenvalue weighted by molar-refractivity contribution is 7.10. The summed E-state index contributed by atoms with van der Waals surface area (Å²) in [7, 11) is 3.60. The molecule has 1 aromatic heterocycles. The molecule has 2 aliphatic heterocycles. The molecule has 152 valence electrons. The second-order valence-electron chi connectivity index (χ2n) is 7.37. The van der Waals surface area contributed by atoms with E-state index in [9.17, 15) is 0 Å². The summed E-state index contributed by atoms with van der Waals surface area (Å²) in [6, 6.07) is 4.87. The van der Waals surface area contributed by atoms with Crippen LogP contribution in [0.1, 0.15) is 30.2 Å². The number of hydrogen-bond donors (Lipinski definition) is 1. The van der Waals surface area contributed by atoms with Gasteiger partial charge in [0.05, 0.1) is 25.9 Å². The van der Waals surface area contributed by atoms with E-state index in [2.05, 4.69) is 37.6 Å². The van der Waals surface area contributed by atoms with Gasteiger partial charge in [0.15, 0.2) is 5.96 Å². The lowest BCUT2D eigenvalue weighted by Crippen LogP contribution is -2.44. The third-order valence-electron chi connectivity index (χ3n) is 5.49. The largest absolute Gasteiger partial charge is 0.382 e. The van der Waals surface area contributed by atoms with Crippen LogP contribution in [0.3, 0.4) is 0 Å². The third kappa shape index (κ3) is 5.91. The monoisotopic (exact) mass is 394 g/mol. The van der Waals surface area contributed by atoms with Crippen LogP contribution < -0.4 is 5.32 Å². The Hall–Kier alpha value is -1.15. The van der Waals surface area contributed by atoms with E-state index in [1.807, 2.05) is 18.4 Å². The molecule has 1 aromatic rings. The standard InChI is InChI=1S/C20H34N4O2S/c1-21-20(24-10-7-17(15-24)16-26-12-11-25-2)22-14-18(19-6-5-13-27-19)23-8-3-4-9-23/h5-6,13,17-18H,3-4,7-12,14-16H2,1-2H3,(H,21,22). The molecule has 1 N–H and O–H groups in total. The topological polar surface area (TPSA) is 49.3 Å². The van der Waals surface area contributed by atoms with Gasteiger partial charge in [-0.1, -0.05) is 6.07 Å². The van der Waals surface area contributed by atoms with Gasteiger partial charge in [-0.15, -0.1) is 11.3 Å². The van der Waals surface area contributed by atoms with Crippen molar-refractivity contribution >= 4 is 17.3 Å². The Morgan fingerprint density at radius 1 is 1.33 bits per heavy atom. The third-order valence-corrected chi connectivity index (χ3v) is 6.46. The predicted molar refractivity (Wildman–Crippen MR) is 112 cm³/mol. The van der Waals surface area contributed by atoms with Gasteiger partial charge in [-0.2, -0.15) is 0 Å². The van der Waals surface area contributed by atoms with E-state index in [1.54, 1.807) is 7.11 Å². The second kappa shape index (κ2) is 11.0. The van der Waals surface area contributed by atoms with Crippen molar-refractivity contribution < 1.29 is 9.47 Å². The van der Waals surface area contributed by atoms with Crippen LogP contribution in [0.25, 0.3) is 0 Å². The Balaban J connectivity index is 1.49. The molecule has 0 spiro atoms. The smallest absolute Gasteiger partial charge is 0.193 e. The molecule has 2 aliphatic rings. The first kappa shape index (κ1) is 20.6. The first-order valence-electron chi connectivity index (χ1n) is 10.1. The molecule has 2 unspecified atom stereocenters. The number of rotatable bonds is 9. The molecule has 7 heteroatoms. The molecule has 3 rings (SSSR count). The van der Waals surface area contributed by atoms with Crippen molar-refractivity contribution in [3.05, 3.63) is 22.4 Å². The van der Waals surface area contributed by atoms with E-state index >= 15 is 0 Å². The zero-order chi connectivity index (χ0) is 18.9. The van der Waals surface area contributed by atoms with Crippen molar-refractivity contribution in [3.63, 3.8) is 0 Å². The fourth-order valence-corrected chi connectivity index (χ4v) is 4.88. The number of aliphatic imine (C=N–C) groups is 1. The van der Waals surface area contributed by atoms with Gasteiger partial charge < -0.3 is 19.7 Å². The summed E-state index contributed by atoms with van der Waals surface area (Å²) in [4.78, 5) is 11.0. The van der Waals surface area contributed by atoms with E-state index in [0.29, 0.717) is 25.2 Å². The van der Waals surface area contributed by atoms with Crippen LogP contribution in [0.5, 0.6) is 0 Å². The summed E-state index contributed by atoms with van der Waals surface area (Å²) in [6.07, 6.45) is 3.79. The summed E-state index contributed by atoms with van der Waals surface area (Å²) in [5.41, 5.74) is 0. The molecule has 3 heterocycles. The highest BCUT2D eigenvalue weighted by atomic mass is 32.1. The van der Waals surface area contributed by atoms with E-state index < -0.39 is 0 Å². The van der Waals surface area contributed by atoms with Gasteiger partial charge in [0.2, 0.25) is 0 Å². The Kier molecular flexibility index (Phi) is 8.38. The Morgan fingerprint density at radius 2 is 2.19 bits per heavy atom. The Morgan fingerprint density at radius 3 is 2.89 bits per heavy atom. The van der Waals surface area contributed by atoms with Crippen LogP contribution in [-0.4, -0.2) is 82.5 Å². The number of guanidine groups is 1. The second-order valence-corrected chi connectivity index (χ2v) is 8.35. The fraction of sp³-hybridized carbons (Fsp3) is 0.750. The van der Waals surface area contributed by atoms with Crippen LogP contribution in [0.2, 0.25) is 0 Å².